The molecule has 1 fully saturated rings. The highest BCUT2D eigenvalue weighted by molar-refractivity contribution is 6.09. The fourth-order valence-electron chi connectivity index (χ4n) is 4.20. The Kier molecular flexibility index (Phi) is 6.68. The molecule has 0 aliphatic heterocycles. The predicted octanol–water partition coefficient (Wildman–Crippen LogP) is 5.07. The van der Waals surface area contributed by atoms with Crippen molar-refractivity contribution in [2.45, 2.75) is 44.7 Å². The van der Waals surface area contributed by atoms with Gasteiger partial charge in [0.2, 0.25) is 5.91 Å². The van der Waals surface area contributed by atoms with E-state index in [0.717, 1.165) is 25.7 Å². The van der Waals surface area contributed by atoms with E-state index >= 15 is 0 Å². The Hall–Kier alpha value is -3.74. The van der Waals surface area contributed by atoms with Crippen molar-refractivity contribution in [3.63, 3.8) is 0 Å². The molecule has 0 radical (unpaired) electrons. The van der Waals surface area contributed by atoms with Crippen LogP contribution >= 0.6 is 0 Å². The predicted molar refractivity (Wildman–Crippen MR) is 122 cm³/mol. The number of amides is 2. The summed E-state index contributed by atoms with van der Waals surface area (Å²) in [5, 5.41) is 3.00. The van der Waals surface area contributed by atoms with E-state index in [4.69, 9.17) is 4.42 Å². The van der Waals surface area contributed by atoms with Crippen LogP contribution in [0.1, 0.15) is 65.1 Å². The quantitative estimate of drug-likeness (QED) is 0.512. The van der Waals surface area contributed by atoms with Crippen LogP contribution in [-0.2, 0) is 4.79 Å². The van der Waals surface area contributed by atoms with Crippen LogP contribution in [0.15, 0.2) is 71.3 Å². The zero-order valence-corrected chi connectivity index (χ0v) is 18.3. The summed E-state index contributed by atoms with van der Waals surface area (Å²) in [4.78, 5) is 40.1. The summed E-state index contributed by atoms with van der Waals surface area (Å²) in [7, 11) is 0. The standard InChI is InChI=1S/C26H25FN2O4/c1-17(30)18-12-14-20(15-13-18)29(26(32)23-11-6-16-33-23)24(21-9-4-5-10-22(21)27)25(31)28-19-7-2-3-8-19/h4-6,9-16,19,24H,2-3,7-8H2,1H3,(H,28,31). The summed E-state index contributed by atoms with van der Waals surface area (Å²) in [6.07, 6.45) is 5.07. The second-order valence-corrected chi connectivity index (χ2v) is 8.17. The maximum atomic E-state index is 15.0. The molecule has 4 rings (SSSR count). The average Bonchev–Trinajstić information content (AvgIpc) is 3.52. The number of halogens is 1. The second kappa shape index (κ2) is 9.81. The van der Waals surface area contributed by atoms with Crippen molar-refractivity contribution in [1.29, 1.82) is 0 Å². The Bertz CT molecular complexity index is 1140. The third-order valence-electron chi connectivity index (χ3n) is 5.91. The van der Waals surface area contributed by atoms with Crippen LogP contribution in [0.5, 0.6) is 0 Å². The Morgan fingerprint density at radius 2 is 1.70 bits per heavy atom. The molecule has 1 aromatic heterocycles. The highest BCUT2D eigenvalue weighted by Crippen LogP contribution is 2.32. The molecule has 1 aliphatic carbocycles. The maximum absolute atomic E-state index is 15.0. The first-order chi connectivity index (χ1) is 16.0. The Morgan fingerprint density at radius 3 is 2.30 bits per heavy atom. The number of rotatable bonds is 7. The van der Waals surface area contributed by atoms with Crippen molar-refractivity contribution < 1.29 is 23.2 Å². The normalized spacial score (nSPS) is 14.6. The van der Waals surface area contributed by atoms with Gasteiger partial charge in [-0.25, -0.2) is 4.39 Å². The van der Waals surface area contributed by atoms with Crippen molar-refractivity contribution in [2.75, 3.05) is 4.90 Å². The molecule has 6 nitrogen and oxygen atoms in total. The molecule has 170 valence electrons. The molecule has 0 bridgehead atoms. The smallest absolute Gasteiger partial charge is 0.294 e. The van der Waals surface area contributed by atoms with Crippen molar-refractivity contribution in [2.24, 2.45) is 0 Å². The highest BCUT2D eigenvalue weighted by Gasteiger charge is 2.37. The molecular weight excluding hydrogens is 423 g/mol. The number of ketones is 1. The van der Waals surface area contributed by atoms with Crippen LogP contribution in [0.4, 0.5) is 10.1 Å². The third-order valence-corrected chi connectivity index (χ3v) is 5.91. The van der Waals surface area contributed by atoms with E-state index in [9.17, 15) is 18.8 Å². The third kappa shape index (κ3) is 4.87. The molecule has 1 unspecified atom stereocenters. The SMILES string of the molecule is CC(=O)c1ccc(N(C(=O)c2ccco2)C(C(=O)NC2CCCC2)c2ccccc2F)cc1. The number of Topliss-reactive ketones (excluding diaryl/α,β-unsaturated/α-hetero) is 1. The lowest BCUT2D eigenvalue weighted by Crippen LogP contribution is -2.46. The summed E-state index contributed by atoms with van der Waals surface area (Å²) in [5.41, 5.74) is 0.877. The first-order valence-electron chi connectivity index (χ1n) is 11.0. The minimum atomic E-state index is -1.27. The van der Waals surface area contributed by atoms with E-state index in [2.05, 4.69) is 5.32 Å². The number of hydrogen-bond donors (Lipinski definition) is 1. The minimum absolute atomic E-state index is 0.0145. The van der Waals surface area contributed by atoms with Gasteiger partial charge < -0.3 is 9.73 Å². The van der Waals surface area contributed by atoms with Crippen LogP contribution in [0.2, 0.25) is 0 Å². The molecule has 33 heavy (non-hydrogen) atoms. The van der Waals surface area contributed by atoms with E-state index < -0.39 is 23.7 Å². The van der Waals surface area contributed by atoms with Gasteiger partial charge in [0, 0.05) is 22.9 Å². The second-order valence-electron chi connectivity index (χ2n) is 8.17. The summed E-state index contributed by atoms with van der Waals surface area (Å²) < 4.78 is 20.3. The number of anilines is 1. The van der Waals surface area contributed by atoms with Gasteiger partial charge in [0.25, 0.3) is 5.91 Å². The highest BCUT2D eigenvalue weighted by atomic mass is 19.1. The van der Waals surface area contributed by atoms with Gasteiger partial charge in [-0.05, 0) is 62.2 Å². The van der Waals surface area contributed by atoms with Gasteiger partial charge in [-0.1, -0.05) is 31.0 Å². The lowest BCUT2D eigenvalue weighted by Gasteiger charge is -2.32. The number of nitrogens with zero attached hydrogens (tertiary/aromatic N) is 1. The minimum Gasteiger partial charge on any atom is -0.459 e. The number of carbonyl (C=O) groups excluding carboxylic acids is 3. The van der Waals surface area contributed by atoms with E-state index in [1.54, 1.807) is 36.4 Å². The van der Waals surface area contributed by atoms with Gasteiger partial charge in [0.15, 0.2) is 11.5 Å². The molecular formula is C26H25FN2O4. The molecule has 0 saturated heterocycles. The average molecular weight is 448 g/mol. The summed E-state index contributed by atoms with van der Waals surface area (Å²) in [6.45, 7) is 1.44. The van der Waals surface area contributed by atoms with E-state index in [-0.39, 0.29) is 23.1 Å². The van der Waals surface area contributed by atoms with Crippen molar-refractivity contribution in [3.8, 4) is 0 Å². The van der Waals surface area contributed by atoms with Crippen molar-refractivity contribution in [3.05, 3.63) is 89.6 Å². The molecule has 2 amide bonds. The Morgan fingerprint density at radius 1 is 1.00 bits per heavy atom. The largest absolute Gasteiger partial charge is 0.459 e. The topological polar surface area (TPSA) is 79.6 Å². The number of carbonyl (C=O) groups is 3. The first-order valence-corrected chi connectivity index (χ1v) is 11.0. The van der Waals surface area contributed by atoms with E-state index in [1.807, 2.05) is 0 Å². The number of furan rings is 1. The lowest BCUT2D eigenvalue weighted by atomic mass is 10.0. The van der Waals surface area contributed by atoms with Crippen LogP contribution in [-0.4, -0.2) is 23.6 Å². The van der Waals surface area contributed by atoms with Crippen LogP contribution in [0.3, 0.4) is 0 Å². The fourth-order valence-corrected chi connectivity index (χ4v) is 4.20. The lowest BCUT2D eigenvalue weighted by molar-refractivity contribution is -0.123. The van der Waals surface area contributed by atoms with E-state index in [0.29, 0.717) is 11.3 Å². The zero-order valence-electron chi connectivity index (χ0n) is 18.3. The Labute approximate surface area is 191 Å². The first kappa shape index (κ1) is 22.5. The molecule has 1 N–H and O–H groups in total. The fraction of sp³-hybridized carbons (Fsp3) is 0.269. The molecule has 2 aromatic carbocycles. The maximum Gasteiger partial charge on any atom is 0.294 e. The molecule has 3 aromatic rings. The van der Waals surface area contributed by atoms with Gasteiger partial charge in [-0.2, -0.15) is 0 Å². The molecule has 1 atom stereocenters. The number of nitrogens with one attached hydrogen (secondary N) is 1. The van der Waals surface area contributed by atoms with Gasteiger partial charge in [-0.15, -0.1) is 0 Å². The van der Waals surface area contributed by atoms with Crippen molar-refractivity contribution >= 4 is 23.3 Å². The summed E-state index contributed by atoms with van der Waals surface area (Å²) in [6, 6.07) is 14.0. The summed E-state index contributed by atoms with van der Waals surface area (Å²) in [5.74, 6) is -1.77. The zero-order chi connectivity index (χ0) is 23.4. The van der Waals surface area contributed by atoms with Gasteiger partial charge >= 0.3 is 0 Å². The van der Waals surface area contributed by atoms with Crippen LogP contribution in [0.25, 0.3) is 0 Å². The molecule has 1 saturated carbocycles. The Balaban J connectivity index is 1.82. The monoisotopic (exact) mass is 448 g/mol. The molecule has 0 spiro atoms. The summed E-state index contributed by atoms with van der Waals surface area (Å²) >= 11 is 0. The van der Waals surface area contributed by atoms with Crippen LogP contribution < -0.4 is 10.2 Å². The van der Waals surface area contributed by atoms with Crippen LogP contribution in [0, 0.1) is 5.82 Å². The van der Waals surface area contributed by atoms with Gasteiger partial charge in [-0.3, -0.25) is 19.3 Å². The van der Waals surface area contributed by atoms with Gasteiger partial charge in [0.05, 0.1) is 6.26 Å². The van der Waals surface area contributed by atoms with Crippen molar-refractivity contribution in [1.82, 2.24) is 5.32 Å². The van der Waals surface area contributed by atoms with Gasteiger partial charge in [0.1, 0.15) is 11.9 Å². The molecule has 1 heterocycles. The van der Waals surface area contributed by atoms with E-state index in [1.165, 1.54) is 42.4 Å². The number of benzene rings is 2. The molecule has 7 heteroatoms. The molecule has 1 aliphatic rings. The number of hydrogen-bond acceptors (Lipinski definition) is 4.